The van der Waals surface area contributed by atoms with Crippen LogP contribution in [-0.4, -0.2) is 43.6 Å². The Morgan fingerprint density at radius 2 is 2.15 bits per heavy atom. The molecule has 2 nitrogen and oxygen atoms in total. The molecular weight excluding hydrogens is 186 g/mol. The fourth-order valence-corrected chi connectivity index (χ4v) is 2.26. The molecule has 1 atom stereocenters. The van der Waals surface area contributed by atoms with Crippen molar-refractivity contribution in [3.05, 3.63) is 0 Å². The molecule has 0 spiro atoms. The zero-order chi connectivity index (χ0) is 9.84. The molecule has 1 fully saturated rings. The van der Waals surface area contributed by atoms with Crippen LogP contribution in [0.4, 0.5) is 0 Å². The van der Waals surface area contributed by atoms with E-state index in [1.807, 2.05) is 0 Å². The molecule has 0 amide bonds. The van der Waals surface area contributed by atoms with E-state index in [0.29, 0.717) is 11.4 Å². The number of alkyl halides is 1. The predicted octanol–water partition coefficient (Wildman–Crippen LogP) is 1.97. The Bertz CT molecular complexity index is 148. The van der Waals surface area contributed by atoms with Crippen LogP contribution in [0.15, 0.2) is 0 Å². The molecule has 1 saturated carbocycles. The summed E-state index contributed by atoms with van der Waals surface area (Å²) in [5.74, 6) is 0.812. The standard InChI is InChI=1S/C10H20ClNO/c1-8(7-13-3)12(2)6-9-4-10(11)5-9/h8-10H,4-7H2,1-3H3. The number of hydrogen-bond donors (Lipinski definition) is 0. The van der Waals surface area contributed by atoms with Crippen molar-refractivity contribution >= 4 is 11.6 Å². The maximum absolute atomic E-state index is 5.92. The number of nitrogens with zero attached hydrogens (tertiary/aromatic N) is 1. The van der Waals surface area contributed by atoms with E-state index in [4.69, 9.17) is 16.3 Å². The SMILES string of the molecule is COCC(C)N(C)CC1CC(Cl)C1. The monoisotopic (exact) mass is 205 g/mol. The Kier molecular flexibility index (Phi) is 4.50. The van der Waals surface area contributed by atoms with Gasteiger partial charge in [0.1, 0.15) is 0 Å². The van der Waals surface area contributed by atoms with E-state index < -0.39 is 0 Å². The smallest absolute Gasteiger partial charge is 0.0615 e. The van der Waals surface area contributed by atoms with Gasteiger partial charge in [0, 0.05) is 25.1 Å². The van der Waals surface area contributed by atoms with Crippen LogP contribution in [0.2, 0.25) is 0 Å². The molecule has 0 aromatic carbocycles. The lowest BCUT2D eigenvalue weighted by Gasteiger charge is -2.36. The molecular formula is C10H20ClNO. The largest absolute Gasteiger partial charge is 0.383 e. The van der Waals surface area contributed by atoms with Crippen LogP contribution in [0, 0.1) is 5.92 Å². The van der Waals surface area contributed by atoms with Gasteiger partial charge < -0.3 is 9.64 Å². The summed E-state index contributed by atoms with van der Waals surface area (Å²) in [7, 11) is 3.91. The maximum atomic E-state index is 5.92. The molecule has 3 heteroatoms. The third-order valence-electron chi connectivity index (χ3n) is 2.88. The van der Waals surface area contributed by atoms with Crippen LogP contribution in [0.5, 0.6) is 0 Å². The lowest BCUT2D eigenvalue weighted by molar-refractivity contribution is 0.0942. The third kappa shape index (κ3) is 3.45. The van der Waals surface area contributed by atoms with Crippen molar-refractivity contribution < 1.29 is 4.74 Å². The number of methoxy groups -OCH3 is 1. The zero-order valence-corrected chi connectivity index (χ0v) is 9.55. The Morgan fingerprint density at radius 3 is 2.62 bits per heavy atom. The summed E-state index contributed by atoms with van der Waals surface area (Å²) in [4.78, 5) is 2.36. The number of hydrogen-bond acceptors (Lipinski definition) is 2. The minimum Gasteiger partial charge on any atom is -0.383 e. The van der Waals surface area contributed by atoms with E-state index in [-0.39, 0.29) is 0 Å². The van der Waals surface area contributed by atoms with E-state index >= 15 is 0 Å². The lowest BCUT2D eigenvalue weighted by atomic mass is 9.84. The van der Waals surface area contributed by atoms with Gasteiger partial charge in [-0.2, -0.15) is 0 Å². The van der Waals surface area contributed by atoms with Gasteiger partial charge in [0.25, 0.3) is 0 Å². The summed E-state index contributed by atoms with van der Waals surface area (Å²) in [5.41, 5.74) is 0. The molecule has 0 saturated heterocycles. The fraction of sp³-hybridized carbons (Fsp3) is 1.00. The molecule has 1 rings (SSSR count). The van der Waals surface area contributed by atoms with E-state index in [0.717, 1.165) is 19.1 Å². The minimum atomic E-state index is 0.441. The van der Waals surface area contributed by atoms with Crippen molar-refractivity contribution in [2.24, 2.45) is 5.92 Å². The van der Waals surface area contributed by atoms with Gasteiger partial charge in [0.2, 0.25) is 0 Å². The van der Waals surface area contributed by atoms with Crippen LogP contribution in [0.3, 0.4) is 0 Å². The molecule has 13 heavy (non-hydrogen) atoms. The molecule has 78 valence electrons. The highest BCUT2D eigenvalue weighted by Crippen LogP contribution is 2.32. The number of likely N-dealkylation sites (N-methyl/N-ethyl adjacent to an activating group) is 1. The second-order valence-corrected chi connectivity index (χ2v) is 4.80. The van der Waals surface area contributed by atoms with Gasteiger partial charge >= 0.3 is 0 Å². The summed E-state index contributed by atoms with van der Waals surface area (Å²) in [6.07, 6.45) is 2.37. The van der Waals surface area contributed by atoms with Crippen molar-refractivity contribution in [3.8, 4) is 0 Å². The van der Waals surface area contributed by atoms with Gasteiger partial charge in [-0.05, 0) is 32.7 Å². The van der Waals surface area contributed by atoms with Gasteiger partial charge in [-0.15, -0.1) is 11.6 Å². The predicted molar refractivity (Wildman–Crippen MR) is 56.3 cm³/mol. The molecule has 0 bridgehead atoms. The van der Waals surface area contributed by atoms with E-state index in [2.05, 4.69) is 18.9 Å². The van der Waals surface area contributed by atoms with Gasteiger partial charge in [0.15, 0.2) is 0 Å². The second kappa shape index (κ2) is 5.18. The van der Waals surface area contributed by atoms with Crippen LogP contribution < -0.4 is 0 Å². The molecule has 1 aliphatic rings. The van der Waals surface area contributed by atoms with Gasteiger partial charge in [0.05, 0.1) is 6.61 Å². The molecule has 1 aliphatic carbocycles. The van der Waals surface area contributed by atoms with Gasteiger partial charge in [-0.3, -0.25) is 0 Å². The minimum absolute atomic E-state index is 0.441. The summed E-state index contributed by atoms with van der Waals surface area (Å²) >= 11 is 5.92. The van der Waals surface area contributed by atoms with Crippen molar-refractivity contribution in [1.82, 2.24) is 4.90 Å². The average molecular weight is 206 g/mol. The summed E-state index contributed by atoms with van der Waals surface area (Å²) in [6.45, 7) is 4.17. The molecule has 1 unspecified atom stereocenters. The topological polar surface area (TPSA) is 12.5 Å². The fourth-order valence-electron chi connectivity index (χ4n) is 1.76. The summed E-state index contributed by atoms with van der Waals surface area (Å²) < 4.78 is 5.11. The van der Waals surface area contributed by atoms with Crippen LogP contribution >= 0.6 is 11.6 Å². The van der Waals surface area contributed by atoms with E-state index in [1.54, 1.807) is 7.11 Å². The first-order valence-electron chi connectivity index (χ1n) is 4.96. The van der Waals surface area contributed by atoms with Crippen LogP contribution in [0.1, 0.15) is 19.8 Å². The Hall–Kier alpha value is 0.210. The highest BCUT2D eigenvalue weighted by molar-refractivity contribution is 6.21. The maximum Gasteiger partial charge on any atom is 0.0615 e. The van der Waals surface area contributed by atoms with Gasteiger partial charge in [-0.25, -0.2) is 0 Å². The van der Waals surface area contributed by atoms with Gasteiger partial charge in [-0.1, -0.05) is 0 Å². The first-order chi connectivity index (χ1) is 6.13. The van der Waals surface area contributed by atoms with E-state index in [1.165, 1.54) is 12.8 Å². The second-order valence-electron chi connectivity index (χ2n) is 4.18. The number of rotatable bonds is 5. The lowest BCUT2D eigenvalue weighted by Crippen LogP contribution is -2.40. The molecule has 0 radical (unpaired) electrons. The van der Waals surface area contributed by atoms with E-state index in [9.17, 15) is 0 Å². The normalized spacial score (nSPS) is 30.2. The van der Waals surface area contributed by atoms with Crippen molar-refractivity contribution in [3.63, 3.8) is 0 Å². The quantitative estimate of drug-likeness (QED) is 0.637. The summed E-state index contributed by atoms with van der Waals surface area (Å²) in [5, 5.41) is 0.441. The van der Waals surface area contributed by atoms with Crippen molar-refractivity contribution in [2.75, 3.05) is 27.3 Å². The molecule has 0 aromatic heterocycles. The highest BCUT2D eigenvalue weighted by Gasteiger charge is 2.28. The Morgan fingerprint density at radius 1 is 1.54 bits per heavy atom. The number of ether oxygens (including phenoxy) is 1. The first kappa shape index (κ1) is 11.3. The van der Waals surface area contributed by atoms with Crippen LogP contribution in [-0.2, 0) is 4.74 Å². The molecule has 0 aromatic rings. The summed E-state index contributed by atoms with van der Waals surface area (Å²) in [6, 6.07) is 0.513. The Balaban J connectivity index is 2.13. The molecule has 0 aliphatic heterocycles. The zero-order valence-electron chi connectivity index (χ0n) is 8.79. The van der Waals surface area contributed by atoms with Crippen LogP contribution in [0.25, 0.3) is 0 Å². The first-order valence-corrected chi connectivity index (χ1v) is 5.40. The molecule has 0 N–H and O–H groups in total. The van der Waals surface area contributed by atoms with Crippen molar-refractivity contribution in [2.45, 2.75) is 31.2 Å². The molecule has 0 heterocycles. The third-order valence-corrected chi connectivity index (χ3v) is 3.24. The Labute approximate surface area is 86.2 Å². The number of halogens is 1. The average Bonchev–Trinajstić information content (AvgIpc) is 2.02. The highest BCUT2D eigenvalue weighted by atomic mass is 35.5. The van der Waals surface area contributed by atoms with Crippen molar-refractivity contribution in [1.29, 1.82) is 0 Å².